The summed E-state index contributed by atoms with van der Waals surface area (Å²) in [6, 6.07) is 6.88. The molecule has 2 rings (SSSR count). The number of halogens is 1. The van der Waals surface area contributed by atoms with E-state index in [0.29, 0.717) is 18.7 Å². The zero-order valence-corrected chi connectivity index (χ0v) is 19.5. The lowest BCUT2D eigenvalue weighted by molar-refractivity contribution is -0.118. The zero-order valence-electron chi connectivity index (χ0n) is 18.6. The Morgan fingerprint density at radius 2 is 1.79 bits per heavy atom. The van der Waals surface area contributed by atoms with Crippen LogP contribution in [0.25, 0.3) is 0 Å². The largest absolute Gasteiger partial charge is 0.310 e. The molecule has 1 aromatic rings. The topological polar surface area (TPSA) is 41.1 Å². The highest BCUT2D eigenvalue weighted by molar-refractivity contribution is 7.97. The van der Waals surface area contributed by atoms with Gasteiger partial charge in [0, 0.05) is 18.2 Å². The molecule has 1 fully saturated rings. The molecule has 166 valence electrons. The molecule has 1 unspecified atom stereocenters. The number of Topliss-reactive ketones (excluding diaryl/α,β-unsaturated/α-hetero) is 1. The van der Waals surface area contributed by atoms with E-state index in [1.807, 2.05) is 12.1 Å². The molecule has 1 aromatic carbocycles. The Hall–Kier alpha value is -0.910. The molecule has 0 spiro atoms. The first-order valence-electron chi connectivity index (χ1n) is 11.4. The minimum Gasteiger partial charge on any atom is -0.310 e. The number of ketones is 1. The summed E-state index contributed by atoms with van der Waals surface area (Å²) in [5, 5.41) is 3.24. The minimum absolute atomic E-state index is 0.191. The first-order valence-corrected chi connectivity index (χ1v) is 12.4. The van der Waals surface area contributed by atoms with E-state index in [1.54, 1.807) is 11.9 Å². The van der Waals surface area contributed by atoms with Crippen molar-refractivity contribution in [2.45, 2.75) is 84.6 Å². The molecule has 0 heterocycles. The SMILES string of the molecule is CC1CC1.CCCCC(=O)CNCCCCCCSNC(C)c1ccc(F)cc1. The number of hydrogen-bond acceptors (Lipinski definition) is 4. The summed E-state index contributed by atoms with van der Waals surface area (Å²) in [7, 11) is 0. The molecule has 0 aliphatic heterocycles. The van der Waals surface area contributed by atoms with Crippen LogP contribution < -0.4 is 10.0 Å². The van der Waals surface area contributed by atoms with Crippen LogP contribution in [0.4, 0.5) is 4.39 Å². The summed E-state index contributed by atoms with van der Waals surface area (Å²) >= 11 is 1.74. The van der Waals surface area contributed by atoms with Gasteiger partial charge in [0.05, 0.1) is 6.54 Å². The van der Waals surface area contributed by atoms with Crippen molar-refractivity contribution in [3.63, 3.8) is 0 Å². The van der Waals surface area contributed by atoms with E-state index in [4.69, 9.17) is 0 Å². The van der Waals surface area contributed by atoms with E-state index >= 15 is 0 Å². The van der Waals surface area contributed by atoms with Crippen LogP contribution in [0.5, 0.6) is 0 Å². The van der Waals surface area contributed by atoms with Crippen LogP contribution in [0.2, 0.25) is 0 Å². The predicted octanol–water partition coefficient (Wildman–Crippen LogP) is 6.45. The van der Waals surface area contributed by atoms with Crippen molar-refractivity contribution in [3.8, 4) is 0 Å². The number of benzene rings is 1. The monoisotopic (exact) mass is 424 g/mol. The maximum absolute atomic E-state index is 12.9. The second-order valence-corrected chi connectivity index (χ2v) is 9.09. The molecule has 0 bridgehead atoms. The van der Waals surface area contributed by atoms with E-state index in [0.717, 1.165) is 43.0 Å². The second-order valence-electron chi connectivity index (χ2n) is 8.16. The molecule has 1 saturated carbocycles. The number of nitrogens with one attached hydrogen (secondary N) is 2. The standard InChI is InChI=1S/C20H33FN2OS.C4H8/c1-3-4-9-20(24)16-22-14-7-5-6-8-15-25-23-17(2)18-10-12-19(21)13-11-18;1-4-2-3-4/h10-13,17,22-23H,3-9,14-16H2,1-2H3;4H,2-3H2,1H3. The van der Waals surface area contributed by atoms with Crippen LogP contribution in [-0.2, 0) is 4.79 Å². The number of unbranched alkanes of at least 4 members (excludes halogenated alkanes) is 4. The Kier molecular flexibility index (Phi) is 15.2. The maximum Gasteiger partial charge on any atom is 0.146 e. The molecular formula is C24H41FN2OS. The number of carbonyl (C=O) groups excluding carboxylic acids is 1. The summed E-state index contributed by atoms with van der Waals surface area (Å²) in [4.78, 5) is 11.5. The van der Waals surface area contributed by atoms with Gasteiger partial charge in [0.15, 0.2) is 0 Å². The van der Waals surface area contributed by atoms with Crippen molar-refractivity contribution >= 4 is 17.7 Å². The molecule has 1 atom stereocenters. The first-order chi connectivity index (χ1) is 14.0. The van der Waals surface area contributed by atoms with E-state index in [2.05, 4.69) is 30.8 Å². The van der Waals surface area contributed by atoms with Gasteiger partial charge >= 0.3 is 0 Å². The van der Waals surface area contributed by atoms with Crippen molar-refractivity contribution in [2.24, 2.45) is 5.92 Å². The van der Waals surface area contributed by atoms with Crippen LogP contribution in [0.1, 0.15) is 90.2 Å². The molecule has 1 aliphatic rings. The highest BCUT2D eigenvalue weighted by Crippen LogP contribution is 2.26. The Balaban J connectivity index is 0.000000929. The van der Waals surface area contributed by atoms with Crippen molar-refractivity contribution in [2.75, 3.05) is 18.8 Å². The third kappa shape index (κ3) is 15.6. The van der Waals surface area contributed by atoms with Crippen molar-refractivity contribution in [1.29, 1.82) is 0 Å². The molecule has 2 N–H and O–H groups in total. The molecular weight excluding hydrogens is 383 g/mol. The minimum atomic E-state index is -0.191. The maximum atomic E-state index is 12.9. The van der Waals surface area contributed by atoms with E-state index in [-0.39, 0.29) is 11.9 Å². The summed E-state index contributed by atoms with van der Waals surface area (Å²) < 4.78 is 16.3. The predicted molar refractivity (Wildman–Crippen MR) is 125 cm³/mol. The summed E-state index contributed by atoms with van der Waals surface area (Å²) in [5.41, 5.74) is 1.11. The molecule has 1 aliphatic carbocycles. The fourth-order valence-electron chi connectivity index (χ4n) is 2.64. The van der Waals surface area contributed by atoms with Gasteiger partial charge in [0.1, 0.15) is 11.6 Å². The Bertz CT molecular complexity index is 534. The fourth-order valence-corrected chi connectivity index (χ4v) is 3.49. The van der Waals surface area contributed by atoms with Crippen LogP contribution >= 0.6 is 11.9 Å². The van der Waals surface area contributed by atoms with Crippen molar-refractivity contribution < 1.29 is 9.18 Å². The summed E-state index contributed by atoms with van der Waals surface area (Å²) in [6.45, 7) is 7.94. The Morgan fingerprint density at radius 1 is 1.14 bits per heavy atom. The fraction of sp³-hybridized carbons (Fsp3) is 0.708. The van der Waals surface area contributed by atoms with Gasteiger partial charge in [0.2, 0.25) is 0 Å². The average Bonchev–Trinajstić information content (AvgIpc) is 3.50. The lowest BCUT2D eigenvalue weighted by Gasteiger charge is -2.13. The van der Waals surface area contributed by atoms with Gasteiger partial charge in [-0.15, -0.1) is 0 Å². The van der Waals surface area contributed by atoms with E-state index in [9.17, 15) is 9.18 Å². The van der Waals surface area contributed by atoms with Gasteiger partial charge in [-0.05, 0) is 56.3 Å². The van der Waals surface area contributed by atoms with Crippen molar-refractivity contribution in [3.05, 3.63) is 35.6 Å². The lowest BCUT2D eigenvalue weighted by atomic mass is 10.1. The van der Waals surface area contributed by atoms with Gasteiger partial charge < -0.3 is 5.32 Å². The van der Waals surface area contributed by atoms with Gasteiger partial charge in [-0.3, -0.25) is 9.52 Å². The highest BCUT2D eigenvalue weighted by atomic mass is 32.2. The quantitative estimate of drug-likeness (QED) is 0.251. The molecule has 0 radical (unpaired) electrons. The van der Waals surface area contributed by atoms with E-state index in [1.165, 1.54) is 44.2 Å². The van der Waals surface area contributed by atoms with Gasteiger partial charge in [-0.1, -0.05) is 70.0 Å². The number of rotatable bonds is 15. The van der Waals surface area contributed by atoms with Crippen LogP contribution in [0, 0.1) is 11.7 Å². The molecule has 3 nitrogen and oxygen atoms in total. The smallest absolute Gasteiger partial charge is 0.146 e. The molecule has 0 amide bonds. The van der Waals surface area contributed by atoms with Gasteiger partial charge in [-0.2, -0.15) is 0 Å². The molecule has 5 heteroatoms. The molecule has 0 saturated heterocycles. The normalized spacial score (nSPS) is 14.2. The number of carbonyl (C=O) groups is 1. The van der Waals surface area contributed by atoms with Crippen LogP contribution in [0.3, 0.4) is 0 Å². The Labute approximate surface area is 182 Å². The van der Waals surface area contributed by atoms with Crippen LogP contribution in [0.15, 0.2) is 24.3 Å². The van der Waals surface area contributed by atoms with Crippen molar-refractivity contribution in [1.82, 2.24) is 10.0 Å². The number of hydrogen-bond donors (Lipinski definition) is 2. The van der Waals surface area contributed by atoms with Gasteiger partial charge in [-0.25, -0.2) is 4.39 Å². The molecule has 0 aromatic heterocycles. The van der Waals surface area contributed by atoms with Gasteiger partial charge in [0.25, 0.3) is 0 Å². The Morgan fingerprint density at radius 3 is 2.41 bits per heavy atom. The van der Waals surface area contributed by atoms with Crippen LogP contribution in [-0.4, -0.2) is 24.6 Å². The highest BCUT2D eigenvalue weighted by Gasteiger charge is 2.12. The third-order valence-electron chi connectivity index (χ3n) is 4.98. The summed E-state index contributed by atoms with van der Waals surface area (Å²) in [5.74, 6) is 2.30. The van der Waals surface area contributed by atoms with E-state index < -0.39 is 0 Å². The lowest BCUT2D eigenvalue weighted by Crippen LogP contribution is -2.23. The summed E-state index contributed by atoms with van der Waals surface area (Å²) in [6.07, 6.45) is 10.5. The second kappa shape index (κ2) is 16.8. The zero-order chi connectivity index (χ0) is 21.3. The average molecular weight is 425 g/mol. The third-order valence-corrected chi connectivity index (χ3v) is 5.99. The molecule has 29 heavy (non-hydrogen) atoms. The first kappa shape index (κ1) is 26.1.